The van der Waals surface area contributed by atoms with Crippen molar-refractivity contribution in [3.63, 3.8) is 0 Å². The lowest BCUT2D eigenvalue weighted by atomic mass is 10.0. The quantitative estimate of drug-likeness (QED) is 0.136. The highest BCUT2D eigenvalue weighted by Crippen LogP contribution is 2.46. The van der Waals surface area contributed by atoms with Crippen LogP contribution in [0.1, 0.15) is 0 Å². The highest BCUT2D eigenvalue weighted by Gasteiger charge is 2.25. The topological polar surface area (TPSA) is 84.2 Å². The zero-order valence-corrected chi connectivity index (χ0v) is 62.7. The highest BCUT2D eigenvalue weighted by molar-refractivity contribution is 6.28. The molecule has 116 heavy (non-hydrogen) atoms. The van der Waals surface area contributed by atoms with Crippen LogP contribution in [0.5, 0.6) is 0 Å². The van der Waals surface area contributed by atoms with Gasteiger partial charge in [0.2, 0.25) is 0 Å². The average molecular weight is 1480 g/mol. The van der Waals surface area contributed by atoms with Crippen LogP contribution in [0.15, 0.2) is 406 Å². The Bertz CT molecular complexity index is 7490. The fourth-order valence-electron chi connectivity index (χ4n) is 17.8. The zero-order chi connectivity index (χ0) is 76.3. The Hall–Kier alpha value is -15.7. The molecule has 6 aromatic heterocycles. The van der Waals surface area contributed by atoms with Crippen LogP contribution in [0.4, 0.5) is 0 Å². The first-order valence-electron chi connectivity index (χ1n) is 39.4. The van der Waals surface area contributed by atoms with Crippen molar-refractivity contribution in [3.8, 4) is 90.8 Å². The standard InChI is InChI=1S/C54H34N4.C53H33N5/c1-3-14-37(15-4-1)47-34-48(56-54(55-47)38-16-5-2-6-17-38)40-24-23-36-26-27-42(33-41(36)31-40)57-50-22-12-10-20-46(50)52-51(57)30-29-45-44-19-9-11-21-49(44)58(53(45)52)43-28-25-35-13-7-8-18-39(35)32-43;1-3-14-36(15-4-1)51-54-52(37-16-5-2-6-17-37)56-53(55-51)39-24-23-35-26-27-41(33-40(35)31-39)57-47-22-12-10-20-45(47)49-48(57)30-29-44-43-19-9-11-21-46(43)58(50(44)49)42-28-25-34-13-7-8-18-38(34)32-42/h1-34H;1-33H. The van der Waals surface area contributed by atoms with Crippen molar-refractivity contribution in [1.82, 2.24) is 43.2 Å². The fourth-order valence-corrected chi connectivity index (χ4v) is 17.8. The molecule has 9 heteroatoms. The molecule has 0 unspecified atom stereocenters. The number of aromatic nitrogens is 9. The molecule has 0 saturated heterocycles. The molecule has 0 bridgehead atoms. The van der Waals surface area contributed by atoms with E-state index in [-0.39, 0.29) is 0 Å². The third kappa shape index (κ3) is 11.0. The van der Waals surface area contributed by atoms with E-state index < -0.39 is 0 Å². The van der Waals surface area contributed by atoms with E-state index in [2.05, 4.69) is 340 Å². The van der Waals surface area contributed by atoms with Gasteiger partial charge >= 0.3 is 0 Å². The normalized spacial score (nSPS) is 11.8. The Morgan fingerprint density at radius 1 is 0.155 bits per heavy atom. The van der Waals surface area contributed by atoms with Gasteiger partial charge in [0.25, 0.3) is 0 Å². The summed E-state index contributed by atoms with van der Waals surface area (Å²) < 4.78 is 9.79. The van der Waals surface area contributed by atoms with E-state index in [1.807, 2.05) is 84.9 Å². The summed E-state index contributed by atoms with van der Waals surface area (Å²) in [5, 5.41) is 19.4. The predicted molar refractivity (Wildman–Crippen MR) is 482 cm³/mol. The van der Waals surface area contributed by atoms with E-state index in [0.717, 1.165) is 94.7 Å². The van der Waals surface area contributed by atoms with Crippen LogP contribution in [0, 0.1) is 0 Å². The van der Waals surface area contributed by atoms with Gasteiger partial charge in [-0.05, 0) is 146 Å². The minimum Gasteiger partial charge on any atom is -0.309 e. The number of rotatable bonds is 10. The molecule has 540 valence electrons. The maximum absolute atomic E-state index is 5.14. The van der Waals surface area contributed by atoms with E-state index in [0.29, 0.717) is 23.3 Å². The van der Waals surface area contributed by atoms with E-state index in [9.17, 15) is 0 Å². The lowest BCUT2D eigenvalue weighted by molar-refractivity contribution is 1.07. The van der Waals surface area contributed by atoms with Gasteiger partial charge in [0.1, 0.15) is 0 Å². The van der Waals surface area contributed by atoms with Gasteiger partial charge in [0.05, 0.1) is 55.5 Å². The Labute approximate surface area is 666 Å². The van der Waals surface area contributed by atoms with Crippen molar-refractivity contribution >= 4 is 130 Å². The molecule has 0 radical (unpaired) electrons. The molecule has 18 aromatic carbocycles. The first-order valence-corrected chi connectivity index (χ1v) is 39.4. The van der Waals surface area contributed by atoms with Gasteiger partial charge in [-0.2, -0.15) is 0 Å². The monoisotopic (exact) mass is 1480 g/mol. The molecule has 0 aliphatic heterocycles. The van der Waals surface area contributed by atoms with Crippen LogP contribution in [-0.4, -0.2) is 43.2 Å². The number of nitrogens with zero attached hydrogens (tertiary/aromatic N) is 9. The third-order valence-electron chi connectivity index (χ3n) is 23.2. The van der Waals surface area contributed by atoms with Crippen LogP contribution in [-0.2, 0) is 0 Å². The van der Waals surface area contributed by atoms with E-state index in [1.165, 1.54) is 103 Å². The van der Waals surface area contributed by atoms with Crippen molar-refractivity contribution in [3.05, 3.63) is 406 Å². The van der Waals surface area contributed by atoms with Crippen molar-refractivity contribution in [1.29, 1.82) is 0 Å². The summed E-state index contributed by atoms with van der Waals surface area (Å²) in [5.41, 5.74) is 21.7. The molecule has 0 spiro atoms. The summed E-state index contributed by atoms with van der Waals surface area (Å²) in [5.74, 6) is 2.65. The molecule has 0 aliphatic carbocycles. The van der Waals surface area contributed by atoms with E-state index in [4.69, 9.17) is 24.9 Å². The summed E-state index contributed by atoms with van der Waals surface area (Å²) >= 11 is 0. The van der Waals surface area contributed by atoms with Gasteiger partial charge in [-0.15, -0.1) is 0 Å². The first-order chi connectivity index (χ1) is 57.5. The zero-order valence-electron chi connectivity index (χ0n) is 62.7. The van der Waals surface area contributed by atoms with Gasteiger partial charge in [-0.3, -0.25) is 0 Å². The summed E-state index contributed by atoms with van der Waals surface area (Å²) in [6, 6.07) is 145. The van der Waals surface area contributed by atoms with Crippen LogP contribution >= 0.6 is 0 Å². The van der Waals surface area contributed by atoms with Crippen LogP contribution < -0.4 is 0 Å². The lowest BCUT2D eigenvalue weighted by Gasteiger charge is -2.12. The van der Waals surface area contributed by atoms with Crippen molar-refractivity contribution in [2.45, 2.75) is 0 Å². The van der Waals surface area contributed by atoms with Crippen molar-refractivity contribution in [2.75, 3.05) is 0 Å². The third-order valence-corrected chi connectivity index (χ3v) is 23.2. The minimum atomic E-state index is 0.640. The molecule has 24 aromatic rings. The maximum Gasteiger partial charge on any atom is 0.164 e. The number of fused-ring (bicyclic) bond motifs is 18. The Balaban J connectivity index is 0.000000137. The summed E-state index contributed by atoms with van der Waals surface area (Å²) in [6.07, 6.45) is 0. The second-order valence-corrected chi connectivity index (χ2v) is 29.9. The van der Waals surface area contributed by atoms with Crippen molar-refractivity contribution in [2.24, 2.45) is 0 Å². The molecule has 6 heterocycles. The minimum absolute atomic E-state index is 0.640. The summed E-state index contributed by atoms with van der Waals surface area (Å²) in [7, 11) is 0. The van der Waals surface area contributed by atoms with Crippen LogP contribution in [0.25, 0.3) is 221 Å². The van der Waals surface area contributed by atoms with Gasteiger partial charge < -0.3 is 18.3 Å². The second-order valence-electron chi connectivity index (χ2n) is 29.9. The molecule has 0 atom stereocenters. The molecule has 0 amide bonds. The molecule has 24 rings (SSSR count). The van der Waals surface area contributed by atoms with E-state index in [1.54, 1.807) is 0 Å². The predicted octanol–water partition coefficient (Wildman–Crippen LogP) is 27.4. The van der Waals surface area contributed by atoms with Gasteiger partial charge in [0.15, 0.2) is 23.3 Å². The SMILES string of the molecule is c1ccc(-c2cc(-c3ccc4ccc(-n5c6ccccc6c6c5ccc5c7ccccc7n(-c7ccc8ccccc8c7)c56)cc4c3)nc(-c3ccccc3)n2)cc1.c1ccc(-c2nc(-c3ccccc3)nc(-c3ccc4ccc(-n5c6ccccc6c6c5ccc5c7ccccc7n(-c7ccc8ccccc8c7)c56)cc4c3)n2)cc1. The molecule has 0 fully saturated rings. The second kappa shape index (κ2) is 27.1. The average Bonchev–Trinajstić information content (AvgIpc) is 1.55. The number of hydrogen-bond donors (Lipinski definition) is 0. The number of benzene rings is 18. The van der Waals surface area contributed by atoms with Crippen molar-refractivity contribution < 1.29 is 0 Å². The highest BCUT2D eigenvalue weighted by atomic mass is 15.0. The molecule has 0 saturated carbocycles. The molecule has 0 N–H and O–H groups in total. The maximum atomic E-state index is 5.14. The smallest absolute Gasteiger partial charge is 0.164 e. The van der Waals surface area contributed by atoms with Crippen LogP contribution in [0.2, 0.25) is 0 Å². The fraction of sp³-hybridized carbons (Fsp3) is 0. The molecular formula is C107H67N9. The Morgan fingerprint density at radius 3 is 0.897 bits per heavy atom. The molecular weight excluding hydrogens is 1410 g/mol. The van der Waals surface area contributed by atoms with Gasteiger partial charge in [-0.1, -0.05) is 303 Å². The molecule has 0 aliphatic rings. The van der Waals surface area contributed by atoms with Gasteiger partial charge in [0, 0.05) is 99.2 Å². The number of hydrogen-bond acceptors (Lipinski definition) is 5. The van der Waals surface area contributed by atoms with Gasteiger partial charge in [-0.25, -0.2) is 24.9 Å². The summed E-state index contributed by atoms with van der Waals surface area (Å²) in [6.45, 7) is 0. The largest absolute Gasteiger partial charge is 0.309 e. The number of para-hydroxylation sites is 4. The Morgan fingerprint density at radius 2 is 0.457 bits per heavy atom. The van der Waals surface area contributed by atoms with Crippen LogP contribution in [0.3, 0.4) is 0 Å². The van der Waals surface area contributed by atoms with E-state index >= 15 is 0 Å². The lowest BCUT2D eigenvalue weighted by Crippen LogP contribution is -2.00. The summed E-state index contributed by atoms with van der Waals surface area (Å²) in [4.78, 5) is 25.1. The molecule has 9 nitrogen and oxygen atoms in total. The first kappa shape index (κ1) is 66.1. The Kier molecular flexibility index (Phi) is 15.4.